The van der Waals surface area contributed by atoms with E-state index in [1.807, 2.05) is 13.0 Å². The summed E-state index contributed by atoms with van der Waals surface area (Å²) in [5.74, 6) is -0.369. The number of hydrogen-bond acceptors (Lipinski definition) is 3. The van der Waals surface area contributed by atoms with Gasteiger partial charge in [0.15, 0.2) is 5.82 Å². The highest BCUT2D eigenvalue weighted by Crippen LogP contribution is 2.22. The van der Waals surface area contributed by atoms with Gasteiger partial charge in [-0.05, 0) is 26.0 Å². The number of hydrogen-bond donors (Lipinski definition) is 1. The molecule has 8 heteroatoms. The van der Waals surface area contributed by atoms with Gasteiger partial charge < -0.3 is 5.32 Å². The standard InChI is InChI=1S/C17H17ClFN5O/c1-11-7-8-20-24(11)12(2)17(25)21-16-14(18)10-23(22-16)9-13-5-3-4-6-15(13)19/h3-8,10,12H,9H2,1-2H3,(H,21,22,25). The van der Waals surface area contributed by atoms with E-state index in [4.69, 9.17) is 11.6 Å². The Bertz CT molecular complexity index is 904. The number of nitrogens with zero attached hydrogens (tertiary/aromatic N) is 4. The van der Waals surface area contributed by atoms with Crippen molar-refractivity contribution in [3.8, 4) is 0 Å². The molecule has 0 aliphatic heterocycles. The van der Waals surface area contributed by atoms with Crippen LogP contribution in [0.2, 0.25) is 5.02 Å². The highest BCUT2D eigenvalue weighted by atomic mass is 35.5. The predicted molar refractivity (Wildman–Crippen MR) is 93.0 cm³/mol. The van der Waals surface area contributed by atoms with E-state index >= 15 is 0 Å². The fourth-order valence-electron chi connectivity index (χ4n) is 2.48. The zero-order valence-corrected chi connectivity index (χ0v) is 14.5. The minimum Gasteiger partial charge on any atom is -0.306 e. The maximum atomic E-state index is 13.7. The van der Waals surface area contributed by atoms with Crippen molar-refractivity contribution in [2.45, 2.75) is 26.4 Å². The Morgan fingerprint density at radius 2 is 2.12 bits per heavy atom. The van der Waals surface area contributed by atoms with Gasteiger partial charge in [0, 0.05) is 23.7 Å². The van der Waals surface area contributed by atoms with Gasteiger partial charge >= 0.3 is 0 Å². The summed E-state index contributed by atoms with van der Waals surface area (Å²) >= 11 is 6.14. The number of anilines is 1. The van der Waals surface area contributed by atoms with Gasteiger partial charge in [0.1, 0.15) is 16.9 Å². The molecule has 1 N–H and O–H groups in total. The molecule has 0 aliphatic rings. The first-order valence-corrected chi connectivity index (χ1v) is 8.11. The zero-order chi connectivity index (χ0) is 18.0. The molecule has 1 unspecified atom stereocenters. The highest BCUT2D eigenvalue weighted by Gasteiger charge is 2.19. The summed E-state index contributed by atoms with van der Waals surface area (Å²) in [5, 5.41) is 11.3. The molecule has 2 heterocycles. The average molecular weight is 362 g/mol. The largest absolute Gasteiger partial charge is 0.306 e. The molecule has 0 spiro atoms. The minimum absolute atomic E-state index is 0.218. The minimum atomic E-state index is -0.511. The van der Waals surface area contributed by atoms with Gasteiger partial charge in [-0.2, -0.15) is 10.2 Å². The van der Waals surface area contributed by atoms with Gasteiger partial charge in [0.25, 0.3) is 0 Å². The first kappa shape index (κ1) is 17.2. The molecule has 3 aromatic rings. The van der Waals surface area contributed by atoms with E-state index in [9.17, 15) is 9.18 Å². The second-order valence-corrected chi connectivity index (χ2v) is 6.10. The maximum Gasteiger partial charge on any atom is 0.250 e. The van der Waals surface area contributed by atoms with Crippen molar-refractivity contribution in [3.05, 3.63) is 64.8 Å². The van der Waals surface area contributed by atoms with Crippen LogP contribution in [0.5, 0.6) is 0 Å². The first-order chi connectivity index (χ1) is 12.0. The third kappa shape index (κ3) is 3.71. The molecule has 130 valence electrons. The normalized spacial score (nSPS) is 12.2. The van der Waals surface area contributed by atoms with E-state index in [1.54, 1.807) is 42.2 Å². The number of carbonyl (C=O) groups excluding carboxylic acids is 1. The lowest BCUT2D eigenvalue weighted by atomic mass is 10.2. The first-order valence-electron chi connectivity index (χ1n) is 7.73. The average Bonchev–Trinajstić information content (AvgIpc) is 3.15. The van der Waals surface area contributed by atoms with Crippen molar-refractivity contribution in [1.82, 2.24) is 19.6 Å². The molecule has 0 fully saturated rings. The van der Waals surface area contributed by atoms with Gasteiger partial charge in [0.05, 0.1) is 6.54 Å². The summed E-state index contributed by atoms with van der Waals surface area (Å²) in [7, 11) is 0. The van der Waals surface area contributed by atoms with Crippen LogP contribution in [0.4, 0.5) is 10.2 Å². The Morgan fingerprint density at radius 3 is 2.80 bits per heavy atom. The predicted octanol–water partition coefficient (Wildman–Crippen LogP) is 3.43. The molecule has 0 saturated carbocycles. The molecule has 0 saturated heterocycles. The van der Waals surface area contributed by atoms with Crippen LogP contribution in [0.15, 0.2) is 42.7 Å². The van der Waals surface area contributed by atoms with Crippen molar-refractivity contribution < 1.29 is 9.18 Å². The summed E-state index contributed by atoms with van der Waals surface area (Å²) in [4.78, 5) is 12.4. The fraction of sp³-hybridized carbons (Fsp3) is 0.235. The number of nitrogens with one attached hydrogen (secondary N) is 1. The molecule has 0 bridgehead atoms. The Balaban J connectivity index is 1.73. The van der Waals surface area contributed by atoms with Gasteiger partial charge in [-0.1, -0.05) is 29.8 Å². The van der Waals surface area contributed by atoms with Crippen LogP contribution in [0.25, 0.3) is 0 Å². The topological polar surface area (TPSA) is 64.7 Å². The Labute approximate surface area is 149 Å². The van der Waals surface area contributed by atoms with Crippen LogP contribution in [0, 0.1) is 12.7 Å². The second-order valence-electron chi connectivity index (χ2n) is 5.70. The Kier molecular flexibility index (Phi) is 4.85. The van der Waals surface area contributed by atoms with Gasteiger partial charge in [-0.25, -0.2) is 4.39 Å². The van der Waals surface area contributed by atoms with Gasteiger partial charge in [0.2, 0.25) is 5.91 Å². The highest BCUT2D eigenvalue weighted by molar-refractivity contribution is 6.33. The van der Waals surface area contributed by atoms with Crippen molar-refractivity contribution in [3.63, 3.8) is 0 Å². The number of aryl methyl sites for hydroxylation is 1. The molecule has 25 heavy (non-hydrogen) atoms. The third-order valence-corrected chi connectivity index (χ3v) is 4.14. The molecule has 6 nitrogen and oxygen atoms in total. The lowest BCUT2D eigenvalue weighted by Crippen LogP contribution is -2.25. The summed E-state index contributed by atoms with van der Waals surface area (Å²) in [6, 6.07) is 7.74. The smallest absolute Gasteiger partial charge is 0.250 e. The van der Waals surface area contributed by atoms with E-state index in [0.29, 0.717) is 5.56 Å². The van der Waals surface area contributed by atoms with Gasteiger partial charge in [-0.15, -0.1) is 0 Å². The second kappa shape index (κ2) is 7.06. The van der Waals surface area contributed by atoms with E-state index < -0.39 is 6.04 Å². The Morgan fingerprint density at radius 1 is 1.36 bits per heavy atom. The summed E-state index contributed by atoms with van der Waals surface area (Å²) in [6.07, 6.45) is 3.18. The molecule has 3 rings (SSSR count). The number of amides is 1. The lowest BCUT2D eigenvalue weighted by Gasteiger charge is -2.13. The quantitative estimate of drug-likeness (QED) is 0.757. The number of benzene rings is 1. The van der Waals surface area contributed by atoms with Crippen LogP contribution in [-0.2, 0) is 11.3 Å². The zero-order valence-electron chi connectivity index (χ0n) is 13.8. The van der Waals surface area contributed by atoms with Crippen LogP contribution in [0.3, 0.4) is 0 Å². The van der Waals surface area contributed by atoms with E-state index in [2.05, 4.69) is 15.5 Å². The monoisotopic (exact) mass is 361 g/mol. The molecule has 0 radical (unpaired) electrons. The van der Waals surface area contributed by atoms with Crippen LogP contribution in [0.1, 0.15) is 24.2 Å². The summed E-state index contributed by atoms with van der Waals surface area (Å²) in [5.41, 5.74) is 1.36. The van der Waals surface area contributed by atoms with Crippen LogP contribution < -0.4 is 5.32 Å². The van der Waals surface area contributed by atoms with Crippen molar-refractivity contribution in [2.24, 2.45) is 0 Å². The van der Waals surface area contributed by atoms with Gasteiger partial charge in [-0.3, -0.25) is 14.2 Å². The molecule has 1 atom stereocenters. The van der Waals surface area contributed by atoms with Crippen molar-refractivity contribution in [2.75, 3.05) is 5.32 Å². The summed E-state index contributed by atoms with van der Waals surface area (Å²) in [6.45, 7) is 3.82. The molecular weight excluding hydrogens is 345 g/mol. The fourth-order valence-corrected chi connectivity index (χ4v) is 2.68. The molecular formula is C17H17ClFN5O. The van der Waals surface area contributed by atoms with E-state index in [-0.39, 0.29) is 29.1 Å². The Hall–Kier alpha value is -2.67. The maximum absolute atomic E-state index is 13.7. The summed E-state index contributed by atoms with van der Waals surface area (Å²) < 4.78 is 16.8. The third-order valence-electron chi connectivity index (χ3n) is 3.86. The van der Waals surface area contributed by atoms with E-state index in [1.165, 1.54) is 10.7 Å². The van der Waals surface area contributed by atoms with Crippen LogP contribution in [-0.4, -0.2) is 25.5 Å². The number of halogens is 2. The number of rotatable bonds is 5. The lowest BCUT2D eigenvalue weighted by molar-refractivity contribution is -0.119. The van der Waals surface area contributed by atoms with E-state index in [0.717, 1.165) is 5.69 Å². The van der Waals surface area contributed by atoms with Crippen molar-refractivity contribution in [1.29, 1.82) is 0 Å². The number of aromatic nitrogens is 4. The van der Waals surface area contributed by atoms with Crippen molar-refractivity contribution >= 4 is 23.3 Å². The molecule has 1 amide bonds. The molecule has 1 aromatic carbocycles. The molecule has 0 aliphatic carbocycles. The molecule has 2 aromatic heterocycles. The van der Waals surface area contributed by atoms with Crippen LogP contribution >= 0.6 is 11.6 Å². The SMILES string of the molecule is Cc1ccnn1C(C)C(=O)Nc1nn(Cc2ccccc2F)cc1Cl. The number of carbonyl (C=O) groups is 1.